The lowest BCUT2D eigenvalue weighted by atomic mass is 9.86. The SMILES string of the molecule is O=C1C(C2=CC(O)C2)N(Cc2ccc(C(F)(F)F)cc2)C(=O)CN1c1ncc(Cl)cc1F. The zero-order valence-electron chi connectivity index (χ0n) is 16.3. The third-order valence-electron chi connectivity index (χ3n) is 5.31. The van der Waals surface area contributed by atoms with Gasteiger partial charge in [0.25, 0.3) is 5.91 Å². The molecule has 0 saturated carbocycles. The van der Waals surface area contributed by atoms with Crippen LogP contribution in [0.5, 0.6) is 0 Å². The van der Waals surface area contributed by atoms with Gasteiger partial charge in [0.05, 0.1) is 16.7 Å². The van der Waals surface area contributed by atoms with E-state index in [2.05, 4.69) is 4.98 Å². The first kappa shape index (κ1) is 22.2. The molecule has 1 aromatic carbocycles. The van der Waals surface area contributed by atoms with Crippen molar-refractivity contribution in [1.82, 2.24) is 9.88 Å². The van der Waals surface area contributed by atoms with Gasteiger partial charge in [-0.05, 0) is 29.3 Å². The Labute approximate surface area is 184 Å². The van der Waals surface area contributed by atoms with Crippen LogP contribution >= 0.6 is 11.6 Å². The maximum Gasteiger partial charge on any atom is 0.416 e. The Balaban J connectivity index is 1.65. The van der Waals surface area contributed by atoms with E-state index in [1.54, 1.807) is 0 Å². The average molecular weight is 470 g/mol. The Kier molecular flexibility index (Phi) is 5.68. The molecule has 1 N–H and O–H groups in total. The molecule has 1 saturated heterocycles. The highest BCUT2D eigenvalue weighted by molar-refractivity contribution is 6.30. The lowest BCUT2D eigenvalue weighted by molar-refractivity contribution is -0.142. The van der Waals surface area contributed by atoms with Crippen molar-refractivity contribution in [2.75, 3.05) is 11.4 Å². The summed E-state index contributed by atoms with van der Waals surface area (Å²) in [4.78, 5) is 32.2. The third kappa shape index (κ3) is 4.20. The zero-order valence-corrected chi connectivity index (χ0v) is 17.1. The Hall–Kier alpha value is -2.98. The number of aromatic nitrogens is 1. The minimum absolute atomic E-state index is 0.0207. The summed E-state index contributed by atoms with van der Waals surface area (Å²) in [6, 6.07) is 4.08. The number of anilines is 1. The van der Waals surface area contributed by atoms with Crippen molar-refractivity contribution in [2.45, 2.75) is 31.3 Å². The van der Waals surface area contributed by atoms with Gasteiger partial charge in [0.15, 0.2) is 11.6 Å². The van der Waals surface area contributed by atoms with E-state index < -0.39 is 48.1 Å². The van der Waals surface area contributed by atoms with Crippen molar-refractivity contribution in [1.29, 1.82) is 0 Å². The van der Waals surface area contributed by atoms with Gasteiger partial charge in [0.1, 0.15) is 12.6 Å². The average Bonchev–Trinajstić information content (AvgIpc) is 2.69. The quantitative estimate of drug-likeness (QED) is 0.551. The van der Waals surface area contributed by atoms with Crippen molar-refractivity contribution in [3.8, 4) is 0 Å². The van der Waals surface area contributed by atoms with Crippen molar-refractivity contribution in [3.63, 3.8) is 0 Å². The van der Waals surface area contributed by atoms with Crippen LogP contribution in [0.4, 0.5) is 23.4 Å². The first-order valence-electron chi connectivity index (χ1n) is 9.51. The molecule has 0 spiro atoms. The second kappa shape index (κ2) is 8.18. The van der Waals surface area contributed by atoms with Crippen molar-refractivity contribution >= 4 is 29.2 Å². The van der Waals surface area contributed by atoms with Gasteiger partial charge in [0.2, 0.25) is 5.91 Å². The Bertz CT molecular complexity index is 1100. The van der Waals surface area contributed by atoms with E-state index in [4.69, 9.17) is 11.6 Å². The molecule has 6 nitrogen and oxygen atoms in total. The lowest BCUT2D eigenvalue weighted by Gasteiger charge is -2.43. The number of rotatable bonds is 4. The summed E-state index contributed by atoms with van der Waals surface area (Å²) in [6.07, 6.45) is -2.57. The van der Waals surface area contributed by atoms with Gasteiger partial charge in [-0.2, -0.15) is 13.2 Å². The first-order chi connectivity index (χ1) is 15.0. The summed E-state index contributed by atoms with van der Waals surface area (Å²) in [5.74, 6) is -2.42. The molecule has 1 aromatic heterocycles. The van der Waals surface area contributed by atoms with Gasteiger partial charge in [0, 0.05) is 19.2 Å². The van der Waals surface area contributed by atoms with Crippen LogP contribution in [0.15, 0.2) is 48.2 Å². The molecule has 2 aromatic rings. The second-order valence-electron chi connectivity index (χ2n) is 7.52. The molecule has 11 heteroatoms. The topological polar surface area (TPSA) is 73.7 Å². The lowest BCUT2D eigenvalue weighted by Crippen LogP contribution is -2.61. The molecule has 2 amide bonds. The fourth-order valence-corrected chi connectivity index (χ4v) is 3.85. The molecule has 1 aliphatic carbocycles. The number of aliphatic hydroxyl groups excluding tert-OH is 1. The number of hydrogen-bond acceptors (Lipinski definition) is 4. The molecule has 2 unspecified atom stereocenters. The van der Waals surface area contributed by atoms with Crippen LogP contribution in [0.1, 0.15) is 17.5 Å². The van der Waals surface area contributed by atoms with Crippen molar-refractivity contribution < 1.29 is 32.3 Å². The van der Waals surface area contributed by atoms with Crippen LogP contribution in [0.25, 0.3) is 0 Å². The largest absolute Gasteiger partial charge is 0.416 e. The number of benzene rings is 1. The Morgan fingerprint density at radius 3 is 2.41 bits per heavy atom. The van der Waals surface area contributed by atoms with E-state index in [1.165, 1.54) is 23.1 Å². The molecule has 2 atom stereocenters. The number of halogens is 5. The highest BCUT2D eigenvalue weighted by atomic mass is 35.5. The fraction of sp³-hybridized carbons (Fsp3) is 0.286. The van der Waals surface area contributed by atoms with Gasteiger partial charge < -0.3 is 10.0 Å². The molecular weight excluding hydrogens is 454 g/mol. The van der Waals surface area contributed by atoms with Gasteiger partial charge >= 0.3 is 6.18 Å². The number of hydrogen-bond donors (Lipinski definition) is 1. The second-order valence-corrected chi connectivity index (χ2v) is 7.95. The minimum atomic E-state index is -4.50. The maximum atomic E-state index is 14.4. The van der Waals surface area contributed by atoms with Crippen LogP contribution in [-0.2, 0) is 22.3 Å². The fourth-order valence-electron chi connectivity index (χ4n) is 3.71. The number of nitrogens with zero attached hydrogens (tertiary/aromatic N) is 3. The number of alkyl halides is 3. The highest BCUT2D eigenvalue weighted by Gasteiger charge is 2.45. The molecule has 4 rings (SSSR count). The molecule has 2 heterocycles. The van der Waals surface area contributed by atoms with Crippen LogP contribution in [-0.4, -0.2) is 45.5 Å². The summed E-state index contributed by atoms with van der Waals surface area (Å²) < 4.78 is 52.8. The molecule has 168 valence electrons. The summed E-state index contributed by atoms with van der Waals surface area (Å²) in [7, 11) is 0. The van der Waals surface area contributed by atoms with Gasteiger partial charge in [-0.25, -0.2) is 9.37 Å². The number of aliphatic hydroxyl groups is 1. The smallest absolute Gasteiger partial charge is 0.389 e. The first-order valence-corrected chi connectivity index (χ1v) is 9.89. The monoisotopic (exact) mass is 469 g/mol. The summed E-state index contributed by atoms with van der Waals surface area (Å²) >= 11 is 5.71. The van der Waals surface area contributed by atoms with Crippen molar-refractivity contribution in [2.24, 2.45) is 0 Å². The van der Waals surface area contributed by atoms with Gasteiger partial charge in [-0.1, -0.05) is 29.8 Å². The van der Waals surface area contributed by atoms with Crippen molar-refractivity contribution in [3.05, 3.63) is 70.1 Å². The van der Waals surface area contributed by atoms with E-state index in [1.807, 2.05) is 0 Å². The van der Waals surface area contributed by atoms with E-state index in [-0.39, 0.29) is 23.8 Å². The van der Waals surface area contributed by atoms with Crippen LogP contribution in [0.3, 0.4) is 0 Å². The summed E-state index contributed by atoms with van der Waals surface area (Å²) in [6.45, 7) is -0.636. The molecule has 0 radical (unpaired) electrons. The zero-order chi connectivity index (χ0) is 23.2. The molecular formula is C21H16ClF4N3O3. The Morgan fingerprint density at radius 2 is 1.84 bits per heavy atom. The predicted octanol–water partition coefficient (Wildman–Crippen LogP) is 3.33. The number of carbonyl (C=O) groups excluding carboxylic acids is 2. The maximum absolute atomic E-state index is 14.4. The van der Waals surface area contributed by atoms with E-state index in [0.29, 0.717) is 11.1 Å². The standard InChI is InChI=1S/C21H16ClF4N3O3/c22-14-7-16(23)19(27-8-14)29-10-17(31)28(18(20(29)32)12-5-15(30)6-12)9-11-1-3-13(4-2-11)21(24,25)26/h1-5,7-8,15,18,30H,6,9-10H2. The van der Waals surface area contributed by atoms with Crippen LogP contribution < -0.4 is 4.90 Å². The minimum Gasteiger partial charge on any atom is -0.389 e. The third-order valence-corrected chi connectivity index (χ3v) is 5.51. The number of amides is 2. The van der Waals surface area contributed by atoms with Gasteiger partial charge in [-0.15, -0.1) is 0 Å². The number of pyridine rings is 1. The molecule has 1 aliphatic heterocycles. The normalized spacial score (nSPS) is 21.5. The number of piperazine rings is 1. The Morgan fingerprint density at radius 1 is 1.19 bits per heavy atom. The molecule has 0 bridgehead atoms. The summed E-state index contributed by atoms with van der Waals surface area (Å²) in [5, 5.41) is 9.66. The van der Waals surface area contributed by atoms with E-state index in [9.17, 15) is 32.3 Å². The molecule has 1 fully saturated rings. The highest BCUT2D eigenvalue weighted by Crippen LogP contribution is 2.34. The van der Waals surface area contributed by atoms with Crippen LogP contribution in [0.2, 0.25) is 5.02 Å². The van der Waals surface area contributed by atoms with Crippen LogP contribution in [0, 0.1) is 5.82 Å². The van der Waals surface area contributed by atoms with E-state index >= 15 is 0 Å². The molecule has 2 aliphatic rings. The number of carbonyl (C=O) groups is 2. The molecule has 32 heavy (non-hydrogen) atoms. The summed E-state index contributed by atoms with van der Waals surface area (Å²) in [5.41, 5.74) is 0.00911. The van der Waals surface area contributed by atoms with E-state index in [0.717, 1.165) is 29.3 Å². The van der Waals surface area contributed by atoms with Gasteiger partial charge in [-0.3, -0.25) is 14.5 Å². The predicted molar refractivity (Wildman–Crippen MR) is 106 cm³/mol.